The predicted octanol–water partition coefficient (Wildman–Crippen LogP) is 3.29. The van der Waals surface area contributed by atoms with Gasteiger partial charge in [0.1, 0.15) is 0 Å². The van der Waals surface area contributed by atoms with Crippen LogP contribution in [-0.2, 0) is 6.18 Å². The van der Waals surface area contributed by atoms with Crippen LogP contribution in [0.1, 0.15) is 36.8 Å². The minimum Gasteiger partial charge on any atom is -0.391 e. The minimum absolute atomic E-state index is 0.238. The number of anilines is 1. The Labute approximate surface area is 115 Å². The molecular formula is C14H15F3N2O. The highest BCUT2D eigenvalue weighted by atomic mass is 19.4. The van der Waals surface area contributed by atoms with E-state index < -0.39 is 23.4 Å². The van der Waals surface area contributed by atoms with E-state index in [0.717, 1.165) is 31.4 Å². The van der Waals surface area contributed by atoms with Crippen molar-refractivity contribution in [3.63, 3.8) is 0 Å². The van der Waals surface area contributed by atoms with E-state index in [9.17, 15) is 18.3 Å². The Kier molecular flexibility index (Phi) is 4.19. The Morgan fingerprint density at radius 2 is 1.95 bits per heavy atom. The number of nitriles is 1. The third-order valence-electron chi connectivity index (χ3n) is 3.53. The van der Waals surface area contributed by atoms with Gasteiger partial charge in [-0.3, -0.25) is 0 Å². The molecule has 1 aliphatic carbocycles. The summed E-state index contributed by atoms with van der Waals surface area (Å²) in [5.41, 5.74) is -1.06. The zero-order valence-corrected chi connectivity index (χ0v) is 10.7. The van der Waals surface area contributed by atoms with Crippen LogP contribution in [0.15, 0.2) is 18.2 Å². The smallest absolute Gasteiger partial charge is 0.391 e. The van der Waals surface area contributed by atoms with E-state index in [1.807, 2.05) is 0 Å². The summed E-state index contributed by atoms with van der Waals surface area (Å²) in [7, 11) is 0. The summed E-state index contributed by atoms with van der Waals surface area (Å²) in [4.78, 5) is 0. The van der Waals surface area contributed by atoms with Crippen LogP contribution in [0.4, 0.5) is 18.9 Å². The van der Waals surface area contributed by atoms with Gasteiger partial charge in [0.2, 0.25) is 0 Å². The fourth-order valence-corrected chi connectivity index (χ4v) is 2.46. The van der Waals surface area contributed by atoms with Crippen molar-refractivity contribution in [1.82, 2.24) is 0 Å². The Bertz CT molecular complexity index is 522. The van der Waals surface area contributed by atoms with E-state index in [1.165, 1.54) is 6.07 Å². The van der Waals surface area contributed by atoms with Gasteiger partial charge in [0.25, 0.3) is 0 Å². The highest BCUT2D eigenvalue weighted by molar-refractivity contribution is 5.53. The van der Waals surface area contributed by atoms with Crippen LogP contribution >= 0.6 is 0 Å². The van der Waals surface area contributed by atoms with Gasteiger partial charge in [-0.25, -0.2) is 0 Å². The molecule has 6 heteroatoms. The first-order chi connectivity index (χ1) is 9.41. The number of aliphatic hydroxyl groups is 1. The normalized spacial score (nSPS) is 23.1. The molecule has 20 heavy (non-hydrogen) atoms. The molecule has 2 atom stereocenters. The Morgan fingerprint density at radius 1 is 1.25 bits per heavy atom. The Hall–Kier alpha value is -1.74. The molecule has 0 spiro atoms. The molecule has 0 saturated heterocycles. The van der Waals surface area contributed by atoms with Crippen LogP contribution in [0, 0.1) is 11.3 Å². The van der Waals surface area contributed by atoms with Crippen LogP contribution < -0.4 is 5.32 Å². The molecule has 1 aliphatic rings. The number of nitrogens with zero attached hydrogens (tertiary/aromatic N) is 1. The van der Waals surface area contributed by atoms with Crippen LogP contribution in [0.25, 0.3) is 0 Å². The second kappa shape index (κ2) is 5.71. The summed E-state index contributed by atoms with van der Waals surface area (Å²) in [6.45, 7) is 0. The lowest BCUT2D eigenvalue weighted by Gasteiger charge is -2.29. The van der Waals surface area contributed by atoms with Gasteiger partial charge in [-0.05, 0) is 31.0 Å². The van der Waals surface area contributed by atoms with E-state index in [-0.39, 0.29) is 11.7 Å². The van der Waals surface area contributed by atoms with Crippen molar-refractivity contribution in [3.8, 4) is 6.07 Å². The molecule has 0 radical (unpaired) electrons. The van der Waals surface area contributed by atoms with E-state index in [1.54, 1.807) is 6.07 Å². The van der Waals surface area contributed by atoms with Crippen LogP contribution in [0.2, 0.25) is 0 Å². The largest absolute Gasteiger partial charge is 0.417 e. The van der Waals surface area contributed by atoms with E-state index in [2.05, 4.69) is 5.32 Å². The molecule has 0 unspecified atom stereocenters. The number of benzene rings is 1. The first-order valence-corrected chi connectivity index (χ1v) is 6.48. The number of alkyl halides is 3. The van der Waals surface area contributed by atoms with Gasteiger partial charge in [0, 0.05) is 5.69 Å². The van der Waals surface area contributed by atoms with Gasteiger partial charge in [-0.2, -0.15) is 18.4 Å². The zero-order valence-electron chi connectivity index (χ0n) is 10.7. The molecule has 1 fully saturated rings. The number of rotatable bonds is 2. The van der Waals surface area contributed by atoms with Gasteiger partial charge in [0.15, 0.2) is 0 Å². The summed E-state index contributed by atoms with van der Waals surface area (Å²) in [6.07, 6.45) is -1.86. The molecule has 2 N–H and O–H groups in total. The maximum atomic E-state index is 12.8. The lowest BCUT2D eigenvalue weighted by Crippen LogP contribution is -2.36. The topological polar surface area (TPSA) is 56.0 Å². The van der Waals surface area contributed by atoms with Gasteiger partial charge in [-0.15, -0.1) is 0 Å². The van der Waals surface area contributed by atoms with E-state index in [4.69, 9.17) is 5.26 Å². The SMILES string of the molecule is N#Cc1ccc(N[C@@H]2CCCC[C@H]2O)cc1C(F)(F)F. The highest BCUT2D eigenvalue weighted by Gasteiger charge is 2.34. The lowest BCUT2D eigenvalue weighted by atomic mass is 9.92. The summed E-state index contributed by atoms with van der Waals surface area (Å²) in [5.74, 6) is 0. The lowest BCUT2D eigenvalue weighted by molar-refractivity contribution is -0.137. The molecular weight excluding hydrogens is 269 g/mol. The van der Waals surface area contributed by atoms with Crippen LogP contribution in [0.5, 0.6) is 0 Å². The molecule has 1 aromatic rings. The Morgan fingerprint density at radius 3 is 2.55 bits per heavy atom. The molecule has 0 aliphatic heterocycles. The average Bonchev–Trinajstić information content (AvgIpc) is 2.40. The fourth-order valence-electron chi connectivity index (χ4n) is 2.46. The molecule has 1 aromatic carbocycles. The summed E-state index contributed by atoms with van der Waals surface area (Å²) in [6, 6.07) is 4.83. The van der Waals surface area contributed by atoms with Gasteiger partial charge in [0.05, 0.1) is 29.3 Å². The third-order valence-corrected chi connectivity index (χ3v) is 3.53. The summed E-state index contributed by atoms with van der Waals surface area (Å²) >= 11 is 0. The summed E-state index contributed by atoms with van der Waals surface area (Å²) in [5, 5.41) is 21.5. The van der Waals surface area contributed by atoms with Crippen molar-refractivity contribution >= 4 is 5.69 Å². The fraction of sp³-hybridized carbons (Fsp3) is 0.500. The maximum absolute atomic E-state index is 12.8. The van der Waals surface area contributed by atoms with Gasteiger partial charge >= 0.3 is 6.18 Å². The van der Waals surface area contributed by atoms with Crippen molar-refractivity contribution < 1.29 is 18.3 Å². The molecule has 0 amide bonds. The summed E-state index contributed by atoms with van der Waals surface area (Å²) < 4.78 is 38.5. The van der Waals surface area contributed by atoms with Crippen molar-refractivity contribution in [3.05, 3.63) is 29.3 Å². The van der Waals surface area contributed by atoms with Gasteiger partial charge in [-0.1, -0.05) is 12.8 Å². The first-order valence-electron chi connectivity index (χ1n) is 6.48. The monoisotopic (exact) mass is 284 g/mol. The maximum Gasteiger partial charge on any atom is 0.417 e. The second-order valence-corrected chi connectivity index (χ2v) is 4.97. The standard InChI is InChI=1S/C14H15F3N2O/c15-14(16,17)11-7-10(6-5-9(11)8-18)19-12-3-1-2-4-13(12)20/h5-7,12-13,19-20H,1-4H2/t12-,13-/m1/s1. The van der Waals surface area contributed by atoms with Gasteiger partial charge < -0.3 is 10.4 Å². The highest BCUT2D eigenvalue weighted by Crippen LogP contribution is 2.34. The van der Waals surface area contributed by atoms with Crippen LogP contribution in [0.3, 0.4) is 0 Å². The van der Waals surface area contributed by atoms with Crippen molar-refractivity contribution in [2.75, 3.05) is 5.32 Å². The molecule has 3 nitrogen and oxygen atoms in total. The van der Waals surface area contributed by atoms with E-state index in [0.29, 0.717) is 6.42 Å². The third kappa shape index (κ3) is 3.23. The van der Waals surface area contributed by atoms with Crippen molar-refractivity contribution in [2.45, 2.75) is 44.0 Å². The quantitative estimate of drug-likeness (QED) is 0.876. The zero-order chi connectivity index (χ0) is 14.8. The molecule has 108 valence electrons. The first kappa shape index (κ1) is 14.7. The number of aliphatic hydroxyl groups excluding tert-OH is 1. The number of halogens is 3. The molecule has 2 rings (SSSR count). The van der Waals surface area contributed by atoms with E-state index >= 15 is 0 Å². The second-order valence-electron chi connectivity index (χ2n) is 4.97. The predicted molar refractivity (Wildman–Crippen MR) is 68.0 cm³/mol. The molecule has 0 bridgehead atoms. The molecule has 0 heterocycles. The molecule has 1 saturated carbocycles. The number of hydrogen-bond acceptors (Lipinski definition) is 3. The average molecular weight is 284 g/mol. The molecule has 0 aromatic heterocycles. The van der Waals surface area contributed by atoms with Crippen LogP contribution in [-0.4, -0.2) is 17.3 Å². The number of nitrogens with one attached hydrogen (secondary N) is 1. The Balaban J connectivity index is 2.23. The minimum atomic E-state index is -4.56. The van der Waals surface area contributed by atoms with Crippen molar-refractivity contribution in [1.29, 1.82) is 5.26 Å². The van der Waals surface area contributed by atoms with Crippen molar-refractivity contribution in [2.24, 2.45) is 0 Å². The number of hydrogen-bond donors (Lipinski definition) is 2.